The smallest absolute Gasteiger partial charge is 0.232 e. The third kappa shape index (κ3) is 3.44. The first-order valence-corrected chi connectivity index (χ1v) is 8.90. The third-order valence-corrected chi connectivity index (χ3v) is 4.52. The molecule has 0 fully saturated rings. The minimum atomic E-state index is -0.159. The Morgan fingerprint density at radius 3 is 2.62 bits per heavy atom. The van der Waals surface area contributed by atoms with Crippen LogP contribution in [-0.2, 0) is 6.61 Å². The third-order valence-electron chi connectivity index (χ3n) is 3.99. The molecule has 0 N–H and O–H groups in total. The number of furan rings is 1. The maximum atomic E-state index is 12.5. The van der Waals surface area contributed by atoms with Crippen LogP contribution in [0.2, 0.25) is 0 Å². The number of aryl methyl sites for hydroxylation is 1. The molecular formula is C21H15BrO4. The Kier molecular flexibility index (Phi) is 4.39. The lowest BCUT2D eigenvalue weighted by Gasteiger charge is -2.07. The zero-order chi connectivity index (χ0) is 18.1. The quantitative estimate of drug-likeness (QED) is 0.529. The second kappa shape index (κ2) is 6.84. The van der Waals surface area contributed by atoms with Gasteiger partial charge in [0.25, 0.3) is 0 Å². The van der Waals surface area contributed by atoms with E-state index < -0.39 is 0 Å². The van der Waals surface area contributed by atoms with Crippen molar-refractivity contribution >= 4 is 27.8 Å². The first-order chi connectivity index (χ1) is 12.6. The van der Waals surface area contributed by atoms with E-state index in [0.29, 0.717) is 29.4 Å². The van der Waals surface area contributed by atoms with Crippen molar-refractivity contribution < 1.29 is 18.7 Å². The van der Waals surface area contributed by atoms with E-state index in [2.05, 4.69) is 15.9 Å². The molecule has 0 saturated carbocycles. The highest BCUT2D eigenvalue weighted by Crippen LogP contribution is 2.35. The fourth-order valence-corrected chi connectivity index (χ4v) is 2.93. The standard InChI is InChI=1S/C21H15BrO4/c1-13-2-7-17(25-13)11-20-21(23)18-9-8-16(10-19(18)26-20)24-12-14-3-5-15(22)6-4-14/h2-11H,12H2,1H3/b20-11-. The van der Waals surface area contributed by atoms with Gasteiger partial charge in [-0.3, -0.25) is 4.79 Å². The van der Waals surface area contributed by atoms with Crippen molar-refractivity contribution in [2.24, 2.45) is 0 Å². The molecule has 0 saturated heterocycles. The molecule has 0 amide bonds. The van der Waals surface area contributed by atoms with Crippen molar-refractivity contribution in [2.75, 3.05) is 0 Å². The molecule has 2 aromatic carbocycles. The predicted octanol–water partition coefficient (Wildman–Crippen LogP) is 5.55. The van der Waals surface area contributed by atoms with Crippen LogP contribution in [0.1, 0.15) is 27.4 Å². The van der Waals surface area contributed by atoms with Crippen LogP contribution >= 0.6 is 15.9 Å². The number of carbonyl (C=O) groups is 1. The van der Waals surface area contributed by atoms with Gasteiger partial charge in [0.15, 0.2) is 5.76 Å². The largest absolute Gasteiger partial charge is 0.489 e. The maximum Gasteiger partial charge on any atom is 0.232 e. The Labute approximate surface area is 159 Å². The van der Waals surface area contributed by atoms with Gasteiger partial charge < -0.3 is 13.9 Å². The molecule has 0 atom stereocenters. The van der Waals surface area contributed by atoms with E-state index in [9.17, 15) is 4.79 Å². The summed E-state index contributed by atoms with van der Waals surface area (Å²) in [7, 11) is 0. The summed E-state index contributed by atoms with van der Waals surface area (Å²) >= 11 is 3.41. The summed E-state index contributed by atoms with van der Waals surface area (Å²) in [5, 5.41) is 0. The van der Waals surface area contributed by atoms with Gasteiger partial charge >= 0.3 is 0 Å². The Hall–Kier alpha value is -2.79. The lowest BCUT2D eigenvalue weighted by atomic mass is 10.1. The molecule has 26 heavy (non-hydrogen) atoms. The van der Waals surface area contributed by atoms with Crippen LogP contribution in [0.25, 0.3) is 6.08 Å². The average Bonchev–Trinajstić information content (AvgIpc) is 3.18. The van der Waals surface area contributed by atoms with Crippen molar-refractivity contribution in [3.63, 3.8) is 0 Å². The highest BCUT2D eigenvalue weighted by atomic mass is 79.9. The monoisotopic (exact) mass is 410 g/mol. The number of hydrogen-bond donors (Lipinski definition) is 0. The Morgan fingerprint density at radius 1 is 1.08 bits per heavy atom. The fourth-order valence-electron chi connectivity index (χ4n) is 2.66. The van der Waals surface area contributed by atoms with E-state index in [1.165, 1.54) is 0 Å². The molecule has 3 aromatic rings. The summed E-state index contributed by atoms with van der Waals surface area (Å²) in [6.45, 7) is 2.29. The van der Waals surface area contributed by atoms with Gasteiger partial charge in [0.1, 0.15) is 29.6 Å². The van der Waals surface area contributed by atoms with Crippen LogP contribution in [0.5, 0.6) is 11.5 Å². The van der Waals surface area contributed by atoms with Crippen LogP contribution in [0.15, 0.2) is 69.2 Å². The fraction of sp³-hybridized carbons (Fsp3) is 0.0952. The average molecular weight is 411 g/mol. The number of Topliss-reactive ketones (excluding diaryl/α,β-unsaturated/α-hetero) is 1. The van der Waals surface area contributed by atoms with Gasteiger partial charge in [-0.2, -0.15) is 0 Å². The van der Waals surface area contributed by atoms with Crippen LogP contribution in [0, 0.1) is 6.92 Å². The molecule has 0 aliphatic carbocycles. The number of fused-ring (bicyclic) bond motifs is 1. The summed E-state index contributed by atoms with van der Waals surface area (Å²) < 4.78 is 18.0. The number of ether oxygens (including phenoxy) is 2. The second-order valence-electron chi connectivity index (χ2n) is 5.96. The van der Waals surface area contributed by atoms with Crippen molar-refractivity contribution in [3.05, 3.63) is 87.5 Å². The zero-order valence-electron chi connectivity index (χ0n) is 14.0. The van der Waals surface area contributed by atoms with Gasteiger partial charge in [-0.15, -0.1) is 0 Å². The molecule has 0 unspecified atom stereocenters. The molecule has 1 aliphatic rings. The molecule has 2 heterocycles. The summed E-state index contributed by atoms with van der Waals surface area (Å²) in [6.07, 6.45) is 1.61. The normalized spacial score (nSPS) is 14.4. The van der Waals surface area contributed by atoms with Crippen molar-refractivity contribution in [1.82, 2.24) is 0 Å². The number of rotatable bonds is 4. The van der Waals surface area contributed by atoms with E-state index in [0.717, 1.165) is 15.8 Å². The molecule has 130 valence electrons. The molecule has 0 bridgehead atoms. The van der Waals surface area contributed by atoms with Gasteiger partial charge in [0.2, 0.25) is 5.78 Å². The van der Waals surface area contributed by atoms with Crippen molar-refractivity contribution in [3.8, 4) is 11.5 Å². The molecule has 0 radical (unpaired) electrons. The van der Waals surface area contributed by atoms with Gasteiger partial charge in [-0.05, 0) is 48.9 Å². The highest BCUT2D eigenvalue weighted by molar-refractivity contribution is 9.10. The molecule has 0 spiro atoms. The minimum absolute atomic E-state index is 0.159. The number of allylic oxidation sites excluding steroid dienone is 1. The summed E-state index contributed by atoms with van der Waals surface area (Å²) in [5.74, 6) is 2.61. The van der Waals surface area contributed by atoms with Gasteiger partial charge in [-0.25, -0.2) is 0 Å². The molecule has 1 aliphatic heterocycles. The summed E-state index contributed by atoms with van der Waals surface area (Å²) in [4.78, 5) is 12.5. The van der Waals surface area contributed by atoms with Crippen LogP contribution < -0.4 is 9.47 Å². The SMILES string of the molecule is Cc1ccc(/C=C2\Oc3cc(OCc4ccc(Br)cc4)ccc3C2=O)o1. The van der Waals surface area contributed by atoms with Crippen LogP contribution in [0.4, 0.5) is 0 Å². The van der Waals surface area contributed by atoms with E-state index in [-0.39, 0.29) is 11.5 Å². The molecular weight excluding hydrogens is 396 g/mol. The Morgan fingerprint density at radius 2 is 1.88 bits per heavy atom. The highest BCUT2D eigenvalue weighted by Gasteiger charge is 2.28. The first-order valence-electron chi connectivity index (χ1n) is 8.10. The minimum Gasteiger partial charge on any atom is -0.489 e. The molecule has 4 rings (SSSR count). The van der Waals surface area contributed by atoms with Gasteiger partial charge in [0, 0.05) is 16.6 Å². The molecule has 5 heteroatoms. The zero-order valence-corrected chi connectivity index (χ0v) is 15.6. The summed E-state index contributed by atoms with van der Waals surface area (Å²) in [5.41, 5.74) is 1.58. The molecule has 4 nitrogen and oxygen atoms in total. The van der Waals surface area contributed by atoms with Crippen molar-refractivity contribution in [2.45, 2.75) is 13.5 Å². The lowest BCUT2D eigenvalue weighted by molar-refractivity contribution is 0.101. The number of benzene rings is 2. The Balaban J connectivity index is 1.50. The predicted molar refractivity (Wildman–Crippen MR) is 101 cm³/mol. The Bertz CT molecular complexity index is 999. The van der Waals surface area contributed by atoms with Crippen molar-refractivity contribution in [1.29, 1.82) is 0 Å². The van der Waals surface area contributed by atoms with Crippen LogP contribution in [0.3, 0.4) is 0 Å². The molecule has 1 aromatic heterocycles. The number of halogens is 1. The number of hydrogen-bond acceptors (Lipinski definition) is 4. The van der Waals surface area contributed by atoms with E-state index in [4.69, 9.17) is 13.9 Å². The number of carbonyl (C=O) groups excluding carboxylic acids is 1. The van der Waals surface area contributed by atoms with E-state index in [1.54, 1.807) is 30.3 Å². The maximum absolute atomic E-state index is 12.5. The first kappa shape index (κ1) is 16.7. The van der Waals surface area contributed by atoms with E-state index in [1.807, 2.05) is 37.3 Å². The number of ketones is 1. The van der Waals surface area contributed by atoms with Gasteiger partial charge in [0.05, 0.1) is 5.56 Å². The lowest BCUT2D eigenvalue weighted by Crippen LogP contribution is -1.97. The van der Waals surface area contributed by atoms with E-state index >= 15 is 0 Å². The second-order valence-corrected chi connectivity index (χ2v) is 6.88. The van der Waals surface area contributed by atoms with Gasteiger partial charge in [-0.1, -0.05) is 28.1 Å². The summed E-state index contributed by atoms with van der Waals surface area (Å²) in [6, 6.07) is 16.8. The topological polar surface area (TPSA) is 48.7 Å². The van der Waals surface area contributed by atoms with Crippen LogP contribution in [-0.4, -0.2) is 5.78 Å².